The van der Waals surface area contributed by atoms with Crippen molar-refractivity contribution in [3.8, 4) is 5.75 Å². The molecule has 0 aromatic heterocycles. The number of benzene rings is 2. The van der Waals surface area contributed by atoms with Gasteiger partial charge in [-0.05, 0) is 61.6 Å². The molecule has 9 heteroatoms. The number of hydrogen-bond donors (Lipinski definition) is 3. The van der Waals surface area contributed by atoms with Gasteiger partial charge in [0.05, 0.1) is 5.69 Å². The van der Waals surface area contributed by atoms with Crippen LogP contribution in [0.3, 0.4) is 0 Å². The summed E-state index contributed by atoms with van der Waals surface area (Å²) >= 11 is 5.95. The standard InChI is InChI=1S/C23H26ClFN4O3/c24-15-3-8-21(20(9-15)28-23(26)31)32-13-22(30)27-17-10-18-6-7-19(11-17)29(18)12-14-1-4-16(25)5-2-14/h1-5,8-9,17-19H,6-7,10-13H2,(H,27,30)(H3,26,28,31)/t17-,18+,19-. The maximum absolute atomic E-state index is 13.2. The van der Waals surface area contributed by atoms with Gasteiger partial charge in [-0.3, -0.25) is 9.69 Å². The highest BCUT2D eigenvalue weighted by molar-refractivity contribution is 6.31. The number of halogens is 2. The molecule has 0 aliphatic carbocycles. The number of fused-ring (bicyclic) bond motifs is 2. The van der Waals surface area contributed by atoms with Gasteiger partial charge in [-0.25, -0.2) is 9.18 Å². The number of ether oxygens (including phenoxy) is 1. The third-order valence-corrected chi connectivity index (χ3v) is 6.32. The van der Waals surface area contributed by atoms with Gasteiger partial charge in [0.25, 0.3) is 5.91 Å². The van der Waals surface area contributed by atoms with E-state index in [1.165, 1.54) is 18.2 Å². The Morgan fingerprint density at radius 2 is 1.81 bits per heavy atom. The van der Waals surface area contributed by atoms with Gasteiger partial charge >= 0.3 is 6.03 Å². The van der Waals surface area contributed by atoms with E-state index in [-0.39, 0.29) is 24.4 Å². The molecule has 2 aromatic carbocycles. The summed E-state index contributed by atoms with van der Waals surface area (Å²) in [5.74, 6) is -0.129. The lowest BCUT2D eigenvalue weighted by molar-refractivity contribution is -0.124. The van der Waals surface area contributed by atoms with Crippen molar-refractivity contribution in [2.45, 2.75) is 50.4 Å². The highest BCUT2D eigenvalue weighted by Crippen LogP contribution is 2.37. The van der Waals surface area contributed by atoms with Crippen molar-refractivity contribution in [1.82, 2.24) is 10.2 Å². The predicted molar refractivity (Wildman–Crippen MR) is 120 cm³/mol. The summed E-state index contributed by atoms with van der Waals surface area (Å²) in [5.41, 5.74) is 6.58. The summed E-state index contributed by atoms with van der Waals surface area (Å²) in [6.45, 7) is 0.617. The summed E-state index contributed by atoms with van der Waals surface area (Å²) in [4.78, 5) is 26.1. The van der Waals surface area contributed by atoms with Gasteiger partial charge in [0.2, 0.25) is 0 Å². The van der Waals surface area contributed by atoms with Crippen LogP contribution < -0.4 is 21.1 Å². The summed E-state index contributed by atoms with van der Waals surface area (Å²) in [7, 11) is 0. The zero-order valence-electron chi connectivity index (χ0n) is 17.5. The van der Waals surface area contributed by atoms with Gasteiger partial charge < -0.3 is 21.1 Å². The third-order valence-electron chi connectivity index (χ3n) is 6.09. The molecule has 0 unspecified atom stereocenters. The Morgan fingerprint density at radius 1 is 1.12 bits per heavy atom. The molecule has 2 saturated heterocycles. The van der Waals surface area contributed by atoms with E-state index in [1.807, 2.05) is 12.1 Å². The molecule has 4 rings (SSSR count). The van der Waals surface area contributed by atoms with E-state index in [4.69, 9.17) is 22.1 Å². The molecule has 3 amide bonds. The topological polar surface area (TPSA) is 96.7 Å². The fourth-order valence-corrected chi connectivity index (χ4v) is 4.89. The number of carbonyl (C=O) groups is 2. The molecule has 0 spiro atoms. The molecule has 0 saturated carbocycles. The van der Waals surface area contributed by atoms with Crippen molar-refractivity contribution < 1.29 is 18.7 Å². The van der Waals surface area contributed by atoms with E-state index in [0.29, 0.717) is 28.5 Å². The first kappa shape index (κ1) is 22.4. The minimum atomic E-state index is -0.746. The Labute approximate surface area is 191 Å². The second-order valence-corrected chi connectivity index (χ2v) is 8.77. The Hall–Kier alpha value is -2.84. The van der Waals surface area contributed by atoms with Gasteiger partial charge in [-0.2, -0.15) is 0 Å². The molecule has 2 aliphatic heterocycles. The predicted octanol–water partition coefficient (Wildman–Crippen LogP) is 3.66. The van der Waals surface area contributed by atoms with E-state index in [1.54, 1.807) is 12.1 Å². The van der Waals surface area contributed by atoms with Crippen molar-refractivity contribution in [1.29, 1.82) is 0 Å². The lowest BCUT2D eigenvalue weighted by atomic mass is 9.96. The number of urea groups is 1. The summed E-state index contributed by atoms with van der Waals surface area (Å²) in [6, 6.07) is 11.5. The number of nitrogens with one attached hydrogen (secondary N) is 2. The van der Waals surface area contributed by atoms with E-state index < -0.39 is 6.03 Å². The smallest absolute Gasteiger partial charge is 0.316 e. The summed E-state index contributed by atoms with van der Waals surface area (Å²) in [6.07, 6.45) is 3.95. The van der Waals surface area contributed by atoms with E-state index >= 15 is 0 Å². The molecule has 3 atom stereocenters. The van der Waals surface area contributed by atoms with Crippen molar-refractivity contribution in [3.63, 3.8) is 0 Å². The number of nitrogens with two attached hydrogens (primary N) is 1. The normalized spacial score (nSPS) is 22.4. The number of carbonyl (C=O) groups excluding carboxylic acids is 2. The van der Waals surface area contributed by atoms with Crippen LogP contribution in [0, 0.1) is 5.82 Å². The van der Waals surface area contributed by atoms with Crippen LogP contribution in [0.25, 0.3) is 0 Å². The number of rotatable bonds is 7. The van der Waals surface area contributed by atoms with Crippen molar-refractivity contribution in [2.75, 3.05) is 11.9 Å². The average molecular weight is 461 g/mol. The number of nitrogens with zero attached hydrogens (tertiary/aromatic N) is 1. The average Bonchev–Trinajstić information content (AvgIpc) is 2.96. The first-order valence-corrected chi connectivity index (χ1v) is 11.0. The van der Waals surface area contributed by atoms with Crippen LogP contribution >= 0.6 is 11.6 Å². The SMILES string of the molecule is NC(=O)Nc1cc(Cl)ccc1OCC(=O)N[C@H]1C[C@H]2CC[C@@H](C1)N2Cc1ccc(F)cc1. The van der Waals surface area contributed by atoms with Crippen LogP contribution in [0.1, 0.15) is 31.2 Å². The molecule has 2 aliphatic rings. The highest BCUT2D eigenvalue weighted by Gasteiger charge is 2.40. The van der Waals surface area contributed by atoms with Crippen LogP contribution in [-0.2, 0) is 11.3 Å². The number of hydrogen-bond acceptors (Lipinski definition) is 4. The zero-order chi connectivity index (χ0) is 22.7. The van der Waals surface area contributed by atoms with Crippen LogP contribution in [0.15, 0.2) is 42.5 Å². The molecular formula is C23H26ClFN4O3. The van der Waals surface area contributed by atoms with Crippen LogP contribution in [0.2, 0.25) is 5.02 Å². The Bertz CT molecular complexity index is 974. The Kier molecular flexibility index (Phi) is 6.81. The summed E-state index contributed by atoms with van der Waals surface area (Å²) < 4.78 is 18.8. The molecule has 2 fully saturated rings. The van der Waals surface area contributed by atoms with Crippen LogP contribution in [-0.4, -0.2) is 41.6 Å². The number of amides is 3. The fraction of sp³-hybridized carbons (Fsp3) is 0.391. The molecule has 0 radical (unpaired) electrons. The molecule has 170 valence electrons. The summed E-state index contributed by atoms with van der Waals surface area (Å²) in [5, 5.41) is 5.92. The minimum Gasteiger partial charge on any atom is -0.482 e. The molecule has 2 bridgehead atoms. The first-order valence-electron chi connectivity index (χ1n) is 10.7. The molecule has 4 N–H and O–H groups in total. The molecule has 7 nitrogen and oxygen atoms in total. The molecular weight excluding hydrogens is 435 g/mol. The maximum Gasteiger partial charge on any atom is 0.316 e. The van der Waals surface area contributed by atoms with Gasteiger partial charge in [0, 0.05) is 29.7 Å². The Morgan fingerprint density at radius 3 is 2.47 bits per heavy atom. The largest absolute Gasteiger partial charge is 0.482 e. The third kappa shape index (κ3) is 5.49. The quantitative estimate of drug-likeness (QED) is 0.587. The van der Waals surface area contributed by atoms with Crippen LogP contribution in [0.4, 0.5) is 14.9 Å². The number of anilines is 1. The minimum absolute atomic E-state index is 0.0847. The number of primary amides is 1. The maximum atomic E-state index is 13.2. The van der Waals surface area contributed by atoms with Gasteiger partial charge in [0.1, 0.15) is 11.6 Å². The van der Waals surface area contributed by atoms with E-state index in [2.05, 4.69) is 15.5 Å². The number of piperidine rings is 1. The second-order valence-electron chi connectivity index (χ2n) is 8.34. The van der Waals surface area contributed by atoms with Crippen molar-refractivity contribution in [2.24, 2.45) is 5.73 Å². The second kappa shape index (κ2) is 9.75. The monoisotopic (exact) mass is 460 g/mol. The van der Waals surface area contributed by atoms with E-state index in [0.717, 1.165) is 37.8 Å². The highest BCUT2D eigenvalue weighted by atomic mass is 35.5. The van der Waals surface area contributed by atoms with Crippen molar-refractivity contribution >= 4 is 29.2 Å². The molecule has 32 heavy (non-hydrogen) atoms. The van der Waals surface area contributed by atoms with Gasteiger partial charge in [-0.1, -0.05) is 23.7 Å². The Balaban J connectivity index is 1.29. The van der Waals surface area contributed by atoms with Gasteiger partial charge in [-0.15, -0.1) is 0 Å². The fourth-order valence-electron chi connectivity index (χ4n) is 4.72. The zero-order valence-corrected chi connectivity index (χ0v) is 18.3. The lowest BCUT2D eigenvalue weighted by Gasteiger charge is -2.39. The molecule has 2 aromatic rings. The van der Waals surface area contributed by atoms with Crippen LogP contribution in [0.5, 0.6) is 5.75 Å². The molecule has 2 heterocycles. The van der Waals surface area contributed by atoms with Crippen molar-refractivity contribution in [3.05, 3.63) is 58.9 Å². The lowest BCUT2D eigenvalue weighted by Crippen LogP contribution is -2.50. The van der Waals surface area contributed by atoms with E-state index in [9.17, 15) is 14.0 Å². The first-order chi connectivity index (χ1) is 15.4. The van der Waals surface area contributed by atoms with Gasteiger partial charge in [0.15, 0.2) is 6.61 Å².